The molecule has 4 heterocycles. The molecule has 3 aliphatic rings. The number of halogens is 1. The zero-order valence-electron chi connectivity index (χ0n) is 26.6. The van der Waals surface area contributed by atoms with Gasteiger partial charge in [-0.2, -0.15) is 15.2 Å². The monoisotopic (exact) mass is 615 g/mol. The van der Waals surface area contributed by atoms with Gasteiger partial charge >= 0.3 is 12.1 Å². The smallest absolute Gasteiger partial charge is 0.407 e. The first-order valence-electron chi connectivity index (χ1n) is 15.8. The fourth-order valence-corrected chi connectivity index (χ4v) is 7.38. The second-order valence-electron chi connectivity index (χ2n) is 13.6. The average molecular weight is 616 g/mol. The minimum absolute atomic E-state index is 0.0648. The molecule has 0 saturated carbocycles. The fourth-order valence-electron chi connectivity index (χ4n) is 7.38. The molecule has 238 valence electrons. The van der Waals surface area contributed by atoms with Gasteiger partial charge in [0.1, 0.15) is 18.2 Å². The van der Waals surface area contributed by atoms with Crippen molar-refractivity contribution in [3.05, 3.63) is 53.5 Å². The van der Waals surface area contributed by atoms with Gasteiger partial charge in [-0.15, -0.1) is 0 Å². The molecular weight excluding hydrogens is 573 g/mol. The number of piperazine rings is 1. The second kappa shape index (κ2) is 12.0. The minimum atomic E-state index is -1.02. The molecule has 2 atom stereocenters. The van der Waals surface area contributed by atoms with Crippen LogP contribution in [0.2, 0.25) is 0 Å². The molecule has 10 nitrogen and oxygen atoms in total. The highest BCUT2D eigenvalue weighted by molar-refractivity contribution is 5.94. The van der Waals surface area contributed by atoms with Gasteiger partial charge in [-0.1, -0.05) is 45.0 Å². The SMILES string of the molecule is CN1CCC[C@H]1COc1nc2c(c(N3CCN(C(=O)O)C(CC#N)(C(C)(C)C)C3)n1)CCN(c1cccc3c(F)cccc13)C2. The van der Waals surface area contributed by atoms with Crippen LogP contribution in [-0.2, 0) is 13.0 Å². The van der Waals surface area contributed by atoms with Gasteiger partial charge in [0.2, 0.25) is 0 Å². The number of aromatic nitrogens is 2. The molecule has 2 aromatic carbocycles. The number of carbonyl (C=O) groups is 1. The van der Waals surface area contributed by atoms with Crippen LogP contribution < -0.4 is 14.5 Å². The summed E-state index contributed by atoms with van der Waals surface area (Å²) in [4.78, 5) is 30.5. The number of fused-ring (bicyclic) bond motifs is 2. The Bertz CT molecular complexity index is 1640. The summed E-state index contributed by atoms with van der Waals surface area (Å²) < 4.78 is 21.0. The number of anilines is 2. The third-order valence-corrected chi connectivity index (χ3v) is 10.1. The fraction of sp³-hybridized carbons (Fsp3) is 0.529. The predicted molar refractivity (Wildman–Crippen MR) is 171 cm³/mol. The van der Waals surface area contributed by atoms with Crippen LogP contribution in [0.3, 0.4) is 0 Å². The van der Waals surface area contributed by atoms with Gasteiger partial charge in [0.05, 0.1) is 30.3 Å². The molecule has 1 N–H and O–H groups in total. The molecular formula is C34H42FN7O3. The van der Waals surface area contributed by atoms with Crippen molar-refractivity contribution in [3.63, 3.8) is 0 Å². The number of carboxylic acid groups (broad SMARTS) is 1. The Morgan fingerprint density at radius 1 is 1.11 bits per heavy atom. The predicted octanol–water partition coefficient (Wildman–Crippen LogP) is 5.30. The van der Waals surface area contributed by atoms with Crippen LogP contribution in [0.15, 0.2) is 36.4 Å². The number of likely N-dealkylation sites (N-methyl/N-ethyl adjacent to an activating group) is 1. The summed E-state index contributed by atoms with van der Waals surface area (Å²) in [5, 5.41) is 21.5. The first-order chi connectivity index (χ1) is 21.5. The Morgan fingerprint density at radius 3 is 2.60 bits per heavy atom. The van der Waals surface area contributed by atoms with Crippen molar-refractivity contribution in [1.82, 2.24) is 19.8 Å². The first kappa shape index (κ1) is 30.8. The number of nitrogens with zero attached hydrogens (tertiary/aromatic N) is 7. The molecule has 0 spiro atoms. The average Bonchev–Trinajstić information content (AvgIpc) is 3.43. The van der Waals surface area contributed by atoms with Crippen molar-refractivity contribution in [1.29, 1.82) is 5.26 Å². The zero-order valence-corrected chi connectivity index (χ0v) is 26.6. The first-order valence-corrected chi connectivity index (χ1v) is 15.8. The lowest BCUT2D eigenvalue weighted by molar-refractivity contribution is -0.00290. The molecule has 2 fully saturated rings. The van der Waals surface area contributed by atoms with E-state index in [1.807, 2.05) is 39.0 Å². The Hall–Kier alpha value is -4.17. The van der Waals surface area contributed by atoms with E-state index in [2.05, 4.69) is 27.8 Å². The molecule has 0 radical (unpaired) electrons. The summed E-state index contributed by atoms with van der Waals surface area (Å²) >= 11 is 0. The summed E-state index contributed by atoms with van der Waals surface area (Å²) in [5.41, 5.74) is 1.34. The van der Waals surface area contributed by atoms with Gasteiger partial charge < -0.3 is 24.5 Å². The lowest BCUT2D eigenvalue weighted by Crippen LogP contribution is -2.69. The van der Waals surface area contributed by atoms with Crippen LogP contribution >= 0.6 is 0 Å². The van der Waals surface area contributed by atoms with Gasteiger partial charge in [0, 0.05) is 54.2 Å². The third kappa shape index (κ3) is 5.61. The Morgan fingerprint density at radius 2 is 1.89 bits per heavy atom. The van der Waals surface area contributed by atoms with Crippen molar-refractivity contribution in [2.24, 2.45) is 5.41 Å². The largest absolute Gasteiger partial charge is 0.465 e. The van der Waals surface area contributed by atoms with Gasteiger partial charge in [0.15, 0.2) is 0 Å². The maximum atomic E-state index is 14.7. The highest BCUT2D eigenvalue weighted by Crippen LogP contribution is 2.43. The second-order valence-corrected chi connectivity index (χ2v) is 13.6. The lowest BCUT2D eigenvalue weighted by Gasteiger charge is -2.55. The number of ether oxygens (including phenoxy) is 1. The summed E-state index contributed by atoms with van der Waals surface area (Å²) in [6.07, 6.45) is 1.89. The number of benzene rings is 2. The molecule has 0 aliphatic carbocycles. The van der Waals surface area contributed by atoms with Gasteiger partial charge in [-0.05, 0) is 50.4 Å². The number of likely N-dealkylation sites (tertiary alicyclic amines) is 1. The number of hydrogen-bond acceptors (Lipinski definition) is 8. The van der Waals surface area contributed by atoms with Crippen LogP contribution in [0.25, 0.3) is 10.8 Å². The van der Waals surface area contributed by atoms with Gasteiger partial charge in [-0.3, -0.25) is 4.90 Å². The van der Waals surface area contributed by atoms with E-state index >= 15 is 0 Å². The quantitative estimate of drug-likeness (QED) is 0.395. The van der Waals surface area contributed by atoms with E-state index < -0.39 is 17.0 Å². The van der Waals surface area contributed by atoms with E-state index in [0.29, 0.717) is 56.6 Å². The van der Waals surface area contributed by atoms with E-state index in [0.717, 1.165) is 47.5 Å². The number of rotatable bonds is 6. The highest BCUT2D eigenvalue weighted by atomic mass is 19.1. The summed E-state index contributed by atoms with van der Waals surface area (Å²) in [5.74, 6) is 0.499. The molecule has 0 bridgehead atoms. The normalized spacial score (nSPS) is 22.4. The van der Waals surface area contributed by atoms with Crippen molar-refractivity contribution in [3.8, 4) is 12.1 Å². The topological polar surface area (TPSA) is 109 Å². The van der Waals surface area contributed by atoms with Crippen LogP contribution in [0.1, 0.15) is 51.3 Å². The van der Waals surface area contributed by atoms with Gasteiger partial charge in [0.25, 0.3) is 0 Å². The number of nitriles is 1. The minimum Gasteiger partial charge on any atom is -0.465 e. The van der Waals surface area contributed by atoms with Crippen molar-refractivity contribution in [2.45, 2.75) is 64.6 Å². The van der Waals surface area contributed by atoms with Crippen molar-refractivity contribution >= 4 is 28.4 Å². The van der Waals surface area contributed by atoms with E-state index in [1.165, 1.54) is 11.0 Å². The van der Waals surface area contributed by atoms with E-state index in [1.54, 1.807) is 12.1 Å². The van der Waals surface area contributed by atoms with Crippen molar-refractivity contribution < 1.29 is 19.0 Å². The zero-order chi connectivity index (χ0) is 31.9. The highest BCUT2D eigenvalue weighted by Gasteiger charge is 2.52. The maximum Gasteiger partial charge on any atom is 0.407 e. The summed E-state index contributed by atoms with van der Waals surface area (Å²) in [6, 6.07) is 13.8. The van der Waals surface area contributed by atoms with Crippen LogP contribution in [0.5, 0.6) is 6.01 Å². The van der Waals surface area contributed by atoms with Crippen LogP contribution in [0.4, 0.5) is 20.7 Å². The van der Waals surface area contributed by atoms with E-state index in [4.69, 9.17) is 14.7 Å². The molecule has 3 aromatic rings. The Kier molecular flexibility index (Phi) is 8.20. The number of hydrogen-bond donors (Lipinski definition) is 1. The summed E-state index contributed by atoms with van der Waals surface area (Å²) in [6.45, 7) is 9.71. The van der Waals surface area contributed by atoms with E-state index in [9.17, 15) is 19.6 Å². The molecule has 2 saturated heterocycles. The Balaban J connectivity index is 1.39. The lowest BCUT2D eigenvalue weighted by atomic mass is 9.69. The molecule has 1 unspecified atom stereocenters. The van der Waals surface area contributed by atoms with E-state index in [-0.39, 0.29) is 18.8 Å². The van der Waals surface area contributed by atoms with Crippen LogP contribution in [-0.4, -0.2) is 88.9 Å². The molecule has 45 heavy (non-hydrogen) atoms. The summed E-state index contributed by atoms with van der Waals surface area (Å²) in [7, 11) is 2.11. The molecule has 6 rings (SSSR count). The van der Waals surface area contributed by atoms with Gasteiger partial charge in [-0.25, -0.2) is 9.18 Å². The molecule has 1 amide bonds. The molecule has 11 heteroatoms. The maximum absolute atomic E-state index is 14.7. The molecule has 1 aromatic heterocycles. The van der Waals surface area contributed by atoms with Crippen LogP contribution in [0, 0.1) is 22.6 Å². The number of amides is 1. The Labute approximate surface area is 264 Å². The molecule has 3 aliphatic heterocycles. The standard InChI is InChI=1S/C34H42FN7O3/c1-33(2,3)34(14-15-36)22-41(18-19-42(34)32(43)44)30-26-13-17-40(29-12-6-9-24-25(29)10-5-11-27(24)35)20-28(26)37-31(38-30)45-21-23-8-7-16-39(23)4/h5-6,9-12,23H,7-8,13-14,16-22H2,1-4H3,(H,43,44)/t23-,34?/m0/s1. The third-order valence-electron chi connectivity index (χ3n) is 10.1. The van der Waals surface area contributed by atoms with Crippen molar-refractivity contribution in [2.75, 3.05) is 56.2 Å².